The Morgan fingerprint density at radius 3 is 2.68 bits per heavy atom. The molecule has 0 aliphatic rings. The van der Waals surface area contributed by atoms with Gasteiger partial charge in [-0.25, -0.2) is 18.9 Å². The summed E-state index contributed by atoms with van der Waals surface area (Å²) in [6.45, 7) is 3.64. The van der Waals surface area contributed by atoms with Crippen LogP contribution >= 0.6 is 11.6 Å². The van der Waals surface area contributed by atoms with Gasteiger partial charge in [0.05, 0.1) is 17.1 Å². The van der Waals surface area contributed by atoms with Crippen molar-refractivity contribution < 1.29 is 13.9 Å². The predicted octanol–water partition coefficient (Wildman–Crippen LogP) is 4.29. The molecule has 0 N–H and O–H groups in total. The molecule has 1 aromatic carbocycles. The number of hydrogen-bond donors (Lipinski definition) is 0. The molecular weight excluding hydrogens is 383 g/mol. The second kappa shape index (κ2) is 7.09. The zero-order chi connectivity index (χ0) is 19.8. The fourth-order valence-electron chi connectivity index (χ4n) is 2.97. The zero-order valence-electron chi connectivity index (χ0n) is 15.2. The van der Waals surface area contributed by atoms with Gasteiger partial charge in [-0.15, -0.1) is 0 Å². The topological polar surface area (TPSA) is 61.4 Å². The molecule has 0 saturated carbocycles. The molecule has 0 aliphatic carbocycles. The molecule has 0 aliphatic heterocycles. The minimum absolute atomic E-state index is 0.0114. The van der Waals surface area contributed by atoms with Crippen LogP contribution in [0.2, 0.25) is 5.15 Å². The smallest absolute Gasteiger partial charge is 0.343 e. The van der Waals surface area contributed by atoms with Gasteiger partial charge >= 0.3 is 5.97 Å². The van der Waals surface area contributed by atoms with Crippen LogP contribution in [0.15, 0.2) is 48.8 Å². The van der Waals surface area contributed by atoms with Crippen molar-refractivity contribution in [1.29, 1.82) is 0 Å². The Bertz CT molecular complexity index is 1180. The molecule has 6 nitrogen and oxygen atoms in total. The van der Waals surface area contributed by atoms with Crippen LogP contribution in [-0.4, -0.2) is 25.1 Å². The summed E-state index contributed by atoms with van der Waals surface area (Å²) in [5.74, 6) is -0.962. The molecule has 0 bridgehead atoms. The quantitative estimate of drug-likeness (QED) is 0.481. The molecule has 28 heavy (non-hydrogen) atoms. The third-order valence-corrected chi connectivity index (χ3v) is 4.71. The average molecular weight is 399 g/mol. The molecule has 8 heteroatoms. The molecule has 0 fully saturated rings. The third kappa shape index (κ3) is 3.25. The molecule has 3 heterocycles. The highest BCUT2D eigenvalue weighted by Gasteiger charge is 2.23. The van der Waals surface area contributed by atoms with E-state index in [1.165, 1.54) is 28.9 Å². The van der Waals surface area contributed by atoms with E-state index >= 15 is 0 Å². The van der Waals surface area contributed by atoms with E-state index in [0.29, 0.717) is 17.1 Å². The predicted molar refractivity (Wildman–Crippen MR) is 102 cm³/mol. The number of esters is 1. The van der Waals surface area contributed by atoms with Gasteiger partial charge in [-0.2, -0.15) is 5.10 Å². The molecule has 0 unspecified atom stereocenters. The van der Waals surface area contributed by atoms with Crippen molar-refractivity contribution >= 4 is 23.2 Å². The van der Waals surface area contributed by atoms with Gasteiger partial charge in [0.2, 0.25) is 0 Å². The number of pyridine rings is 1. The summed E-state index contributed by atoms with van der Waals surface area (Å²) in [6.07, 6.45) is 3.69. The van der Waals surface area contributed by atoms with Gasteiger partial charge < -0.3 is 9.14 Å². The van der Waals surface area contributed by atoms with Gasteiger partial charge in [-0.05, 0) is 49.7 Å². The summed E-state index contributed by atoms with van der Waals surface area (Å²) in [5.41, 5.74) is 3.61. The Morgan fingerprint density at radius 2 is 1.96 bits per heavy atom. The van der Waals surface area contributed by atoms with Crippen LogP contribution in [-0.2, 0) is 11.3 Å². The number of benzene rings is 1. The van der Waals surface area contributed by atoms with Gasteiger partial charge in [-0.1, -0.05) is 17.7 Å². The second-order valence-electron chi connectivity index (χ2n) is 6.37. The lowest BCUT2D eigenvalue weighted by Crippen LogP contribution is -2.07. The first kappa shape index (κ1) is 18.2. The maximum atomic E-state index is 13.1. The fourth-order valence-corrected chi connectivity index (χ4v) is 3.32. The summed E-state index contributed by atoms with van der Waals surface area (Å²) in [4.78, 5) is 17.1. The standard InChI is InChI=1S/C20H16ClFN4O2/c1-12-4-3-9-25-10-15(23-19(12)25)11-28-20(27)17-13(2)24-26(18(17)21)16-7-5-14(22)6-8-16/h3-10H,11H2,1-2H3. The molecule has 0 saturated heterocycles. The van der Waals surface area contributed by atoms with Crippen molar-refractivity contribution in [2.75, 3.05) is 0 Å². The molecule has 4 aromatic rings. The van der Waals surface area contributed by atoms with E-state index < -0.39 is 5.97 Å². The normalized spacial score (nSPS) is 11.1. The Hall–Kier alpha value is -3.19. The second-order valence-corrected chi connectivity index (χ2v) is 6.73. The number of aromatic nitrogens is 4. The molecule has 3 aromatic heterocycles. The summed E-state index contributed by atoms with van der Waals surface area (Å²) in [6, 6.07) is 9.54. The Balaban J connectivity index is 1.56. The molecule has 142 valence electrons. The first-order chi connectivity index (χ1) is 13.4. The van der Waals surface area contributed by atoms with Crippen LogP contribution in [0.4, 0.5) is 4.39 Å². The van der Waals surface area contributed by atoms with Crippen LogP contribution in [0.5, 0.6) is 0 Å². The van der Waals surface area contributed by atoms with Crippen LogP contribution < -0.4 is 0 Å². The van der Waals surface area contributed by atoms with Crippen molar-refractivity contribution in [2.24, 2.45) is 0 Å². The van der Waals surface area contributed by atoms with Crippen molar-refractivity contribution in [3.05, 3.63) is 82.3 Å². The maximum absolute atomic E-state index is 13.1. The maximum Gasteiger partial charge on any atom is 0.343 e. The van der Waals surface area contributed by atoms with Crippen molar-refractivity contribution in [2.45, 2.75) is 20.5 Å². The molecule has 0 amide bonds. The highest BCUT2D eigenvalue weighted by atomic mass is 35.5. The van der Waals surface area contributed by atoms with Gasteiger partial charge in [-0.3, -0.25) is 0 Å². The van der Waals surface area contributed by atoms with Crippen molar-refractivity contribution in [3.63, 3.8) is 0 Å². The summed E-state index contributed by atoms with van der Waals surface area (Å²) >= 11 is 6.35. The third-order valence-electron chi connectivity index (χ3n) is 4.36. The van der Waals surface area contributed by atoms with E-state index in [1.807, 2.05) is 35.9 Å². The SMILES string of the molecule is Cc1nn(-c2ccc(F)cc2)c(Cl)c1C(=O)OCc1cn2cccc(C)c2n1. The lowest BCUT2D eigenvalue weighted by molar-refractivity contribution is 0.0467. The summed E-state index contributed by atoms with van der Waals surface area (Å²) in [5, 5.41) is 4.39. The highest BCUT2D eigenvalue weighted by molar-refractivity contribution is 6.33. The minimum Gasteiger partial charge on any atom is -0.455 e. The molecule has 4 rings (SSSR count). The number of fused-ring (bicyclic) bond motifs is 1. The van der Waals surface area contributed by atoms with Crippen molar-refractivity contribution in [3.8, 4) is 5.69 Å². The first-order valence-electron chi connectivity index (χ1n) is 8.55. The number of carbonyl (C=O) groups excluding carboxylic acids is 1. The number of carbonyl (C=O) groups is 1. The largest absolute Gasteiger partial charge is 0.455 e. The van der Waals surface area contributed by atoms with E-state index in [1.54, 1.807) is 6.92 Å². The lowest BCUT2D eigenvalue weighted by Gasteiger charge is -2.04. The van der Waals surface area contributed by atoms with Gasteiger partial charge in [0.25, 0.3) is 0 Å². The summed E-state index contributed by atoms with van der Waals surface area (Å²) < 4.78 is 21.8. The van der Waals surface area contributed by atoms with E-state index in [2.05, 4.69) is 10.1 Å². The number of halogens is 2. The minimum atomic E-state index is -0.593. The van der Waals surface area contributed by atoms with Crippen molar-refractivity contribution in [1.82, 2.24) is 19.2 Å². The number of ether oxygens (including phenoxy) is 1. The fraction of sp³-hybridized carbons (Fsp3) is 0.150. The molecule has 0 radical (unpaired) electrons. The number of rotatable bonds is 4. The molecule has 0 atom stereocenters. The van der Waals surface area contributed by atoms with Gasteiger partial charge in [0.15, 0.2) is 0 Å². The highest BCUT2D eigenvalue weighted by Crippen LogP contribution is 2.25. The average Bonchev–Trinajstić information content (AvgIpc) is 3.22. The molecule has 0 spiro atoms. The van der Waals surface area contributed by atoms with Gasteiger partial charge in [0, 0.05) is 12.4 Å². The Kier molecular flexibility index (Phi) is 4.60. The number of hydrogen-bond acceptors (Lipinski definition) is 4. The van der Waals surface area contributed by atoms with Gasteiger partial charge in [0.1, 0.15) is 28.8 Å². The van der Waals surface area contributed by atoms with E-state index in [4.69, 9.17) is 16.3 Å². The summed E-state index contributed by atoms with van der Waals surface area (Å²) in [7, 11) is 0. The Labute approximate surface area is 165 Å². The van der Waals surface area contributed by atoms with E-state index in [9.17, 15) is 9.18 Å². The molecular formula is C20H16ClFN4O2. The van der Waals surface area contributed by atoms with E-state index in [-0.39, 0.29) is 23.1 Å². The van der Waals surface area contributed by atoms with Crippen LogP contribution in [0, 0.1) is 19.7 Å². The van der Waals surface area contributed by atoms with Crippen LogP contribution in [0.1, 0.15) is 27.3 Å². The number of imidazole rings is 1. The first-order valence-corrected chi connectivity index (χ1v) is 8.93. The number of nitrogens with zero attached hydrogens (tertiary/aromatic N) is 4. The monoisotopic (exact) mass is 398 g/mol. The lowest BCUT2D eigenvalue weighted by atomic mass is 10.2. The Morgan fingerprint density at radius 1 is 1.21 bits per heavy atom. The zero-order valence-corrected chi connectivity index (χ0v) is 15.9. The number of aryl methyl sites for hydroxylation is 2. The van der Waals surface area contributed by atoms with Crippen LogP contribution in [0.3, 0.4) is 0 Å². The van der Waals surface area contributed by atoms with Crippen LogP contribution in [0.25, 0.3) is 11.3 Å². The van der Waals surface area contributed by atoms with E-state index in [0.717, 1.165) is 11.2 Å².